The summed E-state index contributed by atoms with van der Waals surface area (Å²) < 4.78 is 18.3. The molecule has 7 heteroatoms. The molecule has 1 aromatic heterocycles. The average Bonchev–Trinajstić information content (AvgIpc) is 3.39. The normalized spacial score (nSPS) is 11.1. The van der Waals surface area contributed by atoms with Crippen LogP contribution in [0.4, 0.5) is 0 Å². The summed E-state index contributed by atoms with van der Waals surface area (Å²) in [6.45, 7) is 0.369. The lowest BCUT2D eigenvalue weighted by Gasteiger charge is -2.18. The molecule has 2 aromatic carbocycles. The Labute approximate surface area is 193 Å². The Morgan fingerprint density at radius 2 is 1.88 bits per heavy atom. The lowest BCUT2D eigenvalue weighted by atomic mass is 10.1. The highest BCUT2D eigenvalue weighted by Crippen LogP contribution is 2.28. The first-order valence-electron chi connectivity index (χ1n) is 10.4. The van der Waals surface area contributed by atoms with Gasteiger partial charge < -0.3 is 24.1 Å². The Morgan fingerprint density at radius 1 is 1.12 bits per heavy atom. The number of nitrogens with zero attached hydrogens (tertiary/aromatic N) is 2. The van der Waals surface area contributed by atoms with Gasteiger partial charge in [0, 0.05) is 24.6 Å². The number of nitriles is 1. The van der Waals surface area contributed by atoms with Crippen LogP contribution in [0, 0.1) is 23.7 Å². The number of carbonyl (C=O) groups is 1. The van der Waals surface area contributed by atoms with Gasteiger partial charge in [0.1, 0.15) is 12.7 Å². The minimum Gasteiger partial charge on any atom is -0.493 e. The van der Waals surface area contributed by atoms with Crippen molar-refractivity contribution in [3.8, 4) is 35.6 Å². The maximum absolute atomic E-state index is 12.9. The van der Waals surface area contributed by atoms with Gasteiger partial charge in [-0.05, 0) is 53.9 Å². The maximum Gasteiger partial charge on any atom is 0.253 e. The highest BCUT2D eigenvalue weighted by atomic mass is 16.5. The van der Waals surface area contributed by atoms with Gasteiger partial charge >= 0.3 is 0 Å². The average molecular weight is 444 g/mol. The first-order chi connectivity index (χ1) is 16.2. The van der Waals surface area contributed by atoms with E-state index < -0.39 is 6.10 Å². The van der Waals surface area contributed by atoms with Gasteiger partial charge in [0.05, 0.1) is 7.11 Å². The Kier molecular flexibility index (Phi) is 8.53. The first-order valence-corrected chi connectivity index (χ1v) is 10.4. The molecule has 0 spiro atoms. The number of ether oxygens (including phenoxy) is 3. The van der Waals surface area contributed by atoms with Crippen molar-refractivity contribution in [3.05, 3.63) is 78.1 Å². The number of hydrogen-bond acceptors (Lipinski definition) is 5. The molecule has 1 unspecified atom stereocenters. The Bertz CT molecular complexity index is 1130. The van der Waals surface area contributed by atoms with E-state index in [2.05, 4.69) is 11.2 Å². The molecule has 0 saturated heterocycles. The molecule has 168 valence electrons. The molecule has 0 fully saturated rings. The second kappa shape index (κ2) is 12.0. The van der Waals surface area contributed by atoms with E-state index in [1.54, 1.807) is 6.07 Å². The van der Waals surface area contributed by atoms with Crippen LogP contribution in [0.2, 0.25) is 0 Å². The van der Waals surface area contributed by atoms with Crippen LogP contribution in [0.1, 0.15) is 17.2 Å². The highest BCUT2D eigenvalue weighted by Gasteiger charge is 2.21. The summed E-state index contributed by atoms with van der Waals surface area (Å²) in [4.78, 5) is 12.9. The van der Waals surface area contributed by atoms with Crippen LogP contribution < -0.4 is 14.8 Å². The molecular weight excluding hydrogens is 418 g/mol. The molecule has 3 aromatic rings. The van der Waals surface area contributed by atoms with Crippen molar-refractivity contribution in [2.45, 2.75) is 12.5 Å². The van der Waals surface area contributed by atoms with Crippen molar-refractivity contribution in [2.24, 2.45) is 0 Å². The molecule has 0 aliphatic carbocycles. The quantitative estimate of drug-likeness (QED) is 0.459. The third-order valence-corrected chi connectivity index (χ3v) is 4.90. The number of hydrogen-bond donors (Lipinski definition) is 1. The molecule has 1 N–H and O–H groups in total. The SMILES string of the molecule is C#CCOC(C(=O)NCCc1ccc(OCC#N)c(OC)c1)c1ccc(-n2cccc2)cc1. The molecule has 0 radical (unpaired) electrons. The van der Waals surface area contributed by atoms with Crippen LogP contribution in [0.5, 0.6) is 11.5 Å². The van der Waals surface area contributed by atoms with Gasteiger partial charge in [0.15, 0.2) is 24.2 Å². The Balaban J connectivity index is 1.62. The molecule has 0 aliphatic heterocycles. The van der Waals surface area contributed by atoms with Gasteiger partial charge in [-0.3, -0.25) is 4.79 Å². The number of nitrogens with one attached hydrogen (secondary N) is 1. The van der Waals surface area contributed by atoms with Gasteiger partial charge in [0.25, 0.3) is 5.91 Å². The summed E-state index contributed by atoms with van der Waals surface area (Å²) in [6, 6.07) is 18.8. The number of terminal acetylenes is 1. The number of rotatable bonds is 11. The molecule has 3 rings (SSSR count). The van der Waals surface area contributed by atoms with Crippen LogP contribution in [0.3, 0.4) is 0 Å². The number of carbonyl (C=O) groups excluding carboxylic acids is 1. The van der Waals surface area contributed by atoms with Crippen LogP contribution in [0.25, 0.3) is 5.69 Å². The fourth-order valence-electron chi connectivity index (χ4n) is 3.30. The number of benzene rings is 2. The molecule has 0 bridgehead atoms. The lowest BCUT2D eigenvalue weighted by Crippen LogP contribution is -2.32. The number of amides is 1. The highest BCUT2D eigenvalue weighted by molar-refractivity contribution is 5.82. The van der Waals surface area contributed by atoms with Gasteiger partial charge in [0.2, 0.25) is 0 Å². The summed E-state index contributed by atoms with van der Waals surface area (Å²) in [6.07, 6.45) is 9.01. The van der Waals surface area contributed by atoms with Crippen molar-refractivity contribution in [3.63, 3.8) is 0 Å². The van der Waals surface area contributed by atoms with E-state index in [0.29, 0.717) is 24.5 Å². The van der Waals surface area contributed by atoms with Gasteiger partial charge in [-0.1, -0.05) is 24.1 Å². The molecule has 33 heavy (non-hydrogen) atoms. The van der Waals surface area contributed by atoms with E-state index in [9.17, 15) is 4.79 Å². The van der Waals surface area contributed by atoms with Crippen LogP contribution >= 0.6 is 0 Å². The van der Waals surface area contributed by atoms with Gasteiger partial charge in [-0.15, -0.1) is 6.42 Å². The second-order valence-electron chi connectivity index (χ2n) is 7.05. The minimum absolute atomic E-state index is 0.0266. The summed E-state index contributed by atoms with van der Waals surface area (Å²) in [5.74, 6) is 3.19. The molecular formula is C26H25N3O4. The minimum atomic E-state index is -0.809. The third kappa shape index (κ3) is 6.39. The van der Waals surface area contributed by atoms with Crippen molar-refractivity contribution >= 4 is 5.91 Å². The van der Waals surface area contributed by atoms with E-state index in [-0.39, 0.29) is 19.1 Å². The van der Waals surface area contributed by atoms with Crippen molar-refractivity contribution in [2.75, 3.05) is 26.9 Å². The topological polar surface area (TPSA) is 85.5 Å². The van der Waals surface area contributed by atoms with Crippen LogP contribution in [-0.4, -0.2) is 37.3 Å². The summed E-state index contributed by atoms with van der Waals surface area (Å²) >= 11 is 0. The second-order valence-corrected chi connectivity index (χ2v) is 7.05. The first kappa shape index (κ1) is 23.5. The fourth-order valence-corrected chi connectivity index (χ4v) is 3.30. The Morgan fingerprint density at radius 3 is 2.55 bits per heavy atom. The van der Waals surface area contributed by atoms with E-state index >= 15 is 0 Å². The molecule has 0 aliphatic rings. The van der Waals surface area contributed by atoms with Crippen LogP contribution in [0.15, 0.2) is 67.0 Å². The van der Waals surface area contributed by atoms with Crippen molar-refractivity contribution in [1.29, 1.82) is 5.26 Å². The zero-order valence-electron chi connectivity index (χ0n) is 18.4. The van der Waals surface area contributed by atoms with Crippen LogP contribution in [-0.2, 0) is 16.0 Å². The molecule has 0 saturated carbocycles. The summed E-state index contributed by atoms with van der Waals surface area (Å²) in [5.41, 5.74) is 2.66. The molecule has 1 atom stereocenters. The molecule has 1 amide bonds. The smallest absolute Gasteiger partial charge is 0.253 e. The maximum atomic E-state index is 12.9. The largest absolute Gasteiger partial charge is 0.493 e. The third-order valence-electron chi connectivity index (χ3n) is 4.90. The van der Waals surface area contributed by atoms with E-state index in [4.69, 9.17) is 25.9 Å². The molecule has 7 nitrogen and oxygen atoms in total. The lowest BCUT2D eigenvalue weighted by molar-refractivity contribution is -0.132. The standard InChI is InChI=1S/C26H25N3O4/c1-3-17-33-25(21-7-9-22(10-8-21)29-15-4-5-16-29)26(30)28-14-12-20-6-11-23(32-18-13-27)24(19-20)31-2/h1,4-11,15-16,19,25H,12,14,17-18H2,2H3,(H,28,30). The predicted molar refractivity (Wildman–Crippen MR) is 124 cm³/mol. The summed E-state index contributed by atoms with van der Waals surface area (Å²) in [7, 11) is 1.54. The number of methoxy groups -OCH3 is 1. The van der Waals surface area contributed by atoms with Crippen molar-refractivity contribution < 1.29 is 19.0 Å². The summed E-state index contributed by atoms with van der Waals surface area (Å²) in [5, 5.41) is 11.6. The zero-order chi connectivity index (χ0) is 23.5. The van der Waals surface area contributed by atoms with E-state index in [1.165, 1.54) is 7.11 Å². The van der Waals surface area contributed by atoms with E-state index in [1.807, 2.05) is 71.6 Å². The number of aromatic nitrogens is 1. The predicted octanol–water partition coefficient (Wildman–Crippen LogP) is 3.44. The van der Waals surface area contributed by atoms with Crippen molar-refractivity contribution in [1.82, 2.24) is 9.88 Å². The monoisotopic (exact) mass is 443 g/mol. The van der Waals surface area contributed by atoms with E-state index in [0.717, 1.165) is 16.8 Å². The van der Waals surface area contributed by atoms with Gasteiger partial charge in [-0.25, -0.2) is 0 Å². The fraction of sp³-hybridized carbons (Fsp3) is 0.231. The van der Waals surface area contributed by atoms with Gasteiger partial charge in [-0.2, -0.15) is 5.26 Å². The zero-order valence-corrected chi connectivity index (χ0v) is 18.4. The Hall–Kier alpha value is -4.20. The molecule has 1 heterocycles.